The molecule has 0 N–H and O–H groups in total. The number of allylic oxidation sites excluding steroid dienone is 8. The highest BCUT2D eigenvalue weighted by Gasteiger charge is 2.54. The maximum atomic E-state index is 6.29. The topological polar surface area (TPSA) is 29.6 Å². The van der Waals surface area contributed by atoms with Gasteiger partial charge < -0.3 is 0 Å². The number of rotatable bonds is 7. The largest absolute Gasteiger partial charge is 0.294 e. The van der Waals surface area contributed by atoms with Gasteiger partial charge in [0.15, 0.2) is 5.84 Å². The van der Waals surface area contributed by atoms with Crippen molar-refractivity contribution in [2.45, 2.75) is 92.9 Å². The van der Waals surface area contributed by atoms with Crippen molar-refractivity contribution in [3.8, 4) is 45.7 Å². The summed E-state index contributed by atoms with van der Waals surface area (Å²) in [7, 11) is 0. The molecule has 85 heavy (non-hydrogen) atoms. The van der Waals surface area contributed by atoms with E-state index in [2.05, 4.69) is 216 Å². The first kappa shape index (κ1) is 55.9. The van der Waals surface area contributed by atoms with Gasteiger partial charge in [0.05, 0.1) is 16.4 Å². The van der Waals surface area contributed by atoms with Crippen LogP contribution >= 0.6 is 0 Å². The number of aliphatic imine (C=N–C) groups is 2. The minimum atomic E-state index is -0.403. The Labute approximate surface area is 503 Å². The van der Waals surface area contributed by atoms with Crippen molar-refractivity contribution in [3.05, 3.63) is 303 Å². The van der Waals surface area contributed by atoms with Crippen molar-refractivity contribution in [1.29, 1.82) is 0 Å². The van der Waals surface area contributed by atoms with Crippen LogP contribution in [-0.4, -0.2) is 16.1 Å². The first-order valence-corrected chi connectivity index (χ1v) is 30.2. The number of fused-ring (bicyclic) bond motifs is 17. The van der Waals surface area contributed by atoms with Crippen LogP contribution in [0, 0.1) is 40.0 Å². The van der Waals surface area contributed by atoms with Crippen molar-refractivity contribution in [3.63, 3.8) is 0 Å². The standard InChI is InChI=1S/C73H59N3.C7H8.C2H6/c1-10-12-26-49(11-2)66-44(3)25-24-33-60(66)71(74-47(6)50-27-14-13-15-28-50)75-48(7)76-65-37-23-19-31-55(65)58-41-40-57-56-39-38-52(46(5)68(56)72(8,9)69(57)70(58)76)51-42-43-64-67(45(51)4)59-32-18-22-36-63(59)73(64)61-34-20-16-29-53(61)54-30-17-21-35-62(54)73;1-7-5-3-2-4-6-7;1-2/h2,10,12-16,18-20,22-43H,7,17,21H2,1,3-6,8-9H3;2-6H,1H3;1-2H3/b12-10-,49-26+,74-47?,75-71-;;. The van der Waals surface area contributed by atoms with Gasteiger partial charge in [-0.3, -0.25) is 4.57 Å². The summed E-state index contributed by atoms with van der Waals surface area (Å²) in [6.07, 6.45) is 19.4. The fourth-order valence-electron chi connectivity index (χ4n) is 14.6. The van der Waals surface area contributed by atoms with Crippen LogP contribution < -0.4 is 0 Å². The van der Waals surface area contributed by atoms with Gasteiger partial charge in [-0.25, -0.2) is 9.98 Å². The van der Waals surface area contributed by atoms with Crippen LogP contribution in [0.3, 0.4) is 0 Å². The second-order valence-electron chi connectivity index (χ2n) is 23.2. The Morgan fingerprint density at radius 2 is 1.20 bits per heavy atom. The van der Waals surface area contributed by atoms with E-state index in [1.807, 2.05) is 82.3 Å². The van der Waals surface area contributed by atoms with Crippen molar-refractivity contribution >= 4 is 50.3 Å². The van der Waals surface area contributed by atoms with E-state index in [0.29, 0.717) is 11.7 Å². The second-order valence-corrected chi connectivity index (χ2v) is 23.2. The third kappa shape index (κ3) is 8.89. The molecule has 1 heterocycles. The number of benzene rings is 9. The molecular weight excluding hydrogens is 1030 g/mol. The van der Waals surface area contributed by atoms with E-state index in [4.69, 9.17) is 23.0 Å². The molecule has 416 valence electrons. The fourth-order valence-corrected chi connectivity index (χ4v) is 14.6. The smallest absolute Gasteiger partial charge is 0.162 e. The second kappa shape index (κ2) is 22.5. The lowest BCUT2D eigenvalue weighted by molar-refractivity contribution is 0.659. The van der Waals surface area contributed by atoms with E-state index in [0.717, 1.165) is 68.2 Å². The minimum Gasteiger partial charge on any atom is -0.294 e. The molecule has 1 atom stereocenters. The lowest BCUT2D eigenvalue weighted by Crippen LogP contribution is -2.26. The summed E-state index contributed by atoms with van der Waals surface area (Å²) in [5, 5.41) is 2.31. The van der Waals surface area contributed by atoms with Crippen LogP contribution in [0.4, 0.5) is 0 Å². The number of hydrogen-bond acceptors (Lipinski definition) is 1. The Morgan fingerprint density at radius 1 is 0.588 bits per heavy atom. The Bertz CT molecular complexity index is 4590. The average molecular weight is 1100 g/mol. The highest BCUT2D eigenvalue weighted by atomic mass is 15.1. The fraction of sp³-hybridized carbons (Fsp3) is 0.171. The van der Waals surface area contributed by atoms with Crippen LogP contribution in [0.25, 0.3) is 72.2 Å². The van der Waals surface area contributed by atoms with Crippen molar-refractivity contribution in [1.82, 2.24) is 4.57 Å². The molecule has 0 saturated carbocycles. The minimum absolute atomic E-state index is 0.337. The SMILES string of the molecule is C#C/C(=C\C=C/C)c1c(C)cccc1/C(N=C(C)c1ccccc1)=N/C(=C)n1c2ccccc2c2ccc3c(c21)C(C)(C)c1c-3ccc(-c2ccc3c(c2C)-c2ccccc2C32C3=CCCC=C3c3ccccc32)c1C.CC.Cc1ccccc1. The monoisotopic (exact) mass is 1100 g/mol. The molecule has 9 aromatic carbocycles. The number of amidine groups is 1. The predicted molar refractivity (Wildman–Crippen MR) is 365 cm³/mol. The third-order valence-corrected chi connectivity index (χ3v) is 18.1. The number of hydrogen-bond donors (Lipinski definition) is 0. The zero-order chi connectivity index (χ0) is 59.3. The van der Waals surface area contributed by atoms with Gasteiger partial charge in [-0.05, 0) is 167 Å². The van der Waals surface area contributed by atoms with Gasteiger partial charge in [0, 0.05) is 38.6 Å². The molecule has 0 bridgehead atoms. The van der Waals surface area contributed by atoms with E-state index in [9.17, 15) is 0 Å². The quantitative estimate of drug-likeness (QED) is 0.0659. The lowest BCUT2D eigenvalue weighted by Gasteiger charge is -2.32. The van der Waals surface area contributed by atoms with Crippen LogP contribution in [0.5, 0.6) is 0 Å². The van der Waals surface area contributed by atoms with Gasteiger partial charge in [-0.1, -0.05) is 252 Å². The first-order valence-electron chi connectivity index (χ1n) is 30.2. The van der Waals surface area contributed by atoms with Crippen LogP contribution in [0.15, 0.2) is 241 Å². The average Bonchev–Trinajstić information content (AvgIpc) is 1.62. The third-order valence-electron chi connectivity index (χ3n) is 18.1. The maximum Gasteiger partial charge on any atom is 0.162 e. The Morgan fingerprint density at radius 3 is 1.92 bits per heavy atom. The molecule has 3 heteroatoms. The zero-order valence-electron chi connectivity index (χ0n) is 50.8. The predicted octanol–water partition coefficient (Wildman–Crippen LogP) is 21.1. The number of para-hydroxylation sites is 1. The number of nitrogens with zero attached hydrogens (tertiary/aromatic N) is 3. The molecule has 1 unspecified atom stereocenters. The van der Waals surface area contributed by atoms with E-state index >= 15 is 0 Å². The molecular formula is C82H73N3. The molecule has 0 saturated heterocycles. The molecule has 4 aliphatic carbocycles. The first-order chi connectivity index (χ1) is 41.4. The molecule has 14 rings (SSSR count). The Hall–Kier alpha value is -9.62. The van der Waals surface area contributed by atoms with Crippen molar-refractivity contribution in [2.24, 2.45) is 9.98 Å². The van der Waals surface area contributed by atoms with Crippen molar-refractivity contribution < 1.29 is 0 Å². The highest BCUT2D eigenvalue weighted by Crippen LogP contribution is 2.65. The lowest BCUT2D eigenvalue weighted by atomic mass is 9.69. The maximum absolute atomic E-state index is 6.29. The summed E-state index contributed by atoms with van der Waals surface area (Å²) in [4.78, 5) is 10.9. The summed E-state index contributed by atoms with van der Waals surface area (Å²) in [6.45, 7) is 26.6. The number of aromatic nitrogens is 1. The summed E-state index contributed by atoms with van der Waals surface area (Å²) in [5.41, 5.74) is 29.6. The summed E-state index contributed by atoms with van der Waals surface area (Å²) in [5.74, 6) is 4.09. The van der Waals surface area contributed by atoms with E-state index in [-0.39, 0.29) is 5.41 Å². The highest BCUT2D eigenvalue weighted by molar-refractivity contribution is 6.17. The summed E-state index contributed by atoms with van der Waals surface area (Å²) < 4.78 is 2.29. The normalized spacial score (nSPS) is 16.0. The van der Waals surface area contributed by atoms with Gasteiger partial charge in [-0.15, -0.1) is 6.42 Å². The van der Waals surface area contributed by atoms with Gasteiger partial charge >= 0.3 is 0 Å². The molecule has 1 spiro atoms. The van der Waals surface area contributed by atoms with Gasteiger partial charge in [0.2, 0.25) is 0 Å². The summed E-state index contributed by atoms with van der Waals surface area (Å²) >= 11 is 0. The van der Waals surface area contributed by atoms with Gasteiger partial charge in [0.25, 0.3) is 0 Å². The van der Waals surface area contributed by atoms with Crippen LogP contribution in [-0.2, 0) is 10.8 Å². The van der Waals surface area contributed by atoms with Gasteiger partial charge in [0.1, 0.15) is 5.82 Å². The molecule has 10 aromatic rings. The number of terminal acetylenes is 1. The Kier molecular flexibility index (Phi) is 14.8. The number of aryl methyl sites for hydroxylation is 2. The van der Waals surface area contributed by atoms with E-state index in [1.165, 1.54) is 94.6 Å². The molecule has 0 radical (unpaired) electrons. The molecule has 4 aliphatic rings. The molecule has 3 nitrogen and oxygen atoms in total. The molecule has 0 fully saturated rings. The summed E-state index contributed by atoms with van der Waals surface area (Å²) in [6, 6.07) is 68.1. The van der Waals surface area contributed by atoms with Crippen LogP contribution in [0.1, 0.15) is 127 Å². The van der Waals surface area contributed by atoms with Gasteiger partial charge in [-0.2, -0.15) is 0 Å². The van der Waals surface area contributed by atoms with Crippen molar-refractivity contribution in [2.75, 3.05) is 0 Å². The van der Waals surface area contributed by atoms with Crippen LogP contribution in [0.2, 0.25) is 0 Å². The van der Waals surface area contributed by atoms with E-state index in [1.54, 1.807) is 0 Å². The Balaban J connectivity index is 0.000000730. The molecule has 0 aliphatic heterocycles. The van der Waals surface area contributed by atoms with E-state index < -0.39 is 5.41 Å². The molecule has 0 amide bonds. The zero-order valence-corrected chi connectivity index (χ0v) is 50.8. The molecule has 1 aromatic heterocycles.